The first-order valence-electron chi connectivity index (χ1n) is 7.74. The molecule has 1 atom stereocenters. The molecule has 24 heavy (non-hydrogen) atoms. The fourth-order valence-corrected chi connectivity index (χ4v) is 2.23. The van der Waals surface area contributed by atoms with Crippen molar-refractivity contribution in [2.24, 2.45) is 5.10 Å². The number of amides is 2. The molecule has 0 aliphatic carbocycles. The SMILES string of the molecule is Cc1ccc(NC(=O)C(=O)N/N=C/C(C)c2ccccc2)c(C)c1. The van der Waals surface area contributed by atoms with Crippen LogP contribution in [0, 0.1) is 13.8 Å². The van der Waals surface area contributed by atoms with Crippen molar-refractivity contribution in [2.75, 3.05) is 5.32 Å². The summed E-state index contributed by atoms with van der Waals surface area (Å²) >= 11 is 0. The van der Waals surface area contributed by atoms with Crippen LogP contribution < -0.4 is 10.7 Å². The van der Waals surface area contributed by atoms with Crippen LogP contribution in [0.15, 0.2) is 53.6 Å². The molecule has 5 heteroatoms. The van der Waals surface area contributed by atoms with Crippen molar-refractivity contribution < 1.29 is 9.59 Å². The van der Waals surface area contributed by atoms with Crippen LogP contribution in [-0.2, 0) is 9.59 Å². The molecule has 0 saturated heterocycles. The molecular weight excluding hydrogens is 302 g/mol. The van der Waals surface area contributed by atoms with Gasteiger partial charge in [-0.05, 0) is 31.0 Å². The average Bonchev–Trinajstić information content (AvgIpc) is 2.57. The number of hydrogen-bond acceptors (Lipinski definition) is 3. The van der Waals surface area contributed by atoms with E-state index < -0.39 is 11.8 Å². The van der Waals surface area contributed by atoms with E-state index in [0.29, 0.717) is 5.69 Å². The fraction of sp³-hybridized carbons (Fsp3) is 0.211. The molecule has 5 nitrogen and oxygen atoms in total. The molecule has 0 bridgehead atoms. The molecule has 0 spiro atoms. The minimum absolute atomic E-state index is 0.0360. The van der Waals surface area contributed by atoms with E-state index in [2.05, 4.69) is 15.8 Å². The summed E-state index contributed by atoms with van der Waals surface area (Å²) in [5.74, 6) is -1.51. The topological polar surface area (TPSA) is 70.6 Å². The van der Waals surface area contributed by atoms with E-state index in [9.17, 15) is 9.59 Å². The normalized spacial score (nSPS) is 12.0. The first-order valence-corrected chi connectivity index (χ1v) is 7.74. The molecule has 2 amide bonds. The number of hydrogen-bond donors (Lipinski definition) is 2. The Morgan fingerprint density at radius 2 is 1.75 bits per heavy atom. The minimum Gasteiger partial charge on any atom is -0.317 e. The van der Waals surface area contributed by atoms with Gasteiger partial charge in [0.05, 0.1) is 0 Å². The highest BCUT2D eigenvalue weighted by molar-refractivity contribution is 6.39. The van der Waals surface area contributed by atoms with Gasteiger partial charge < -0.3 is 5.32 Å². The number of carbonyl (C=O) groups is 2. The Labute approximate surface area is 141 Å². The maximum Gasteiger partial charge on any atom is 0.329 e. The van der Waals surface area contributed by atoms with Gasteiger partial charge in [0.15, 0.2) is 0 Å². The summed E-state index contributed by atoms with van der Waals surface area (Å²) in [7, 11) is 0. The molecule has 1 unspecified atom stereocenters. The van der Waals surface area contributed by atoms with E-state index in [1.807, 2.05) is 63.2 Å². The minimum atomic E-state index is -0.800. The molecular formula is C19H21N3O2. The van der Waals surface area contributed by atoms with Gasteiger partial charge in [0.25, 0.3) is 0 Å². The highest BCUT2D eigenvalue weighted by Crippen LogP contribution is 2.15. The lowest BCUT2D eigenvalue weighted by atomic mass is 10.0. The molecule has 124 valence electrons. The lowest BCUT2D eigenvalue weighted by Gasteiger charge is -2.08. The van der Waals surface area contributed by atoms with Gasteiger partial charge in [-0.1, -0.05) is 55.0 Å². The zero-order valence-electron chi connectivity index (χ0n) is 14.0. The molecule has 0 fully saturated rings. The van der Waals surface area contributed by atoms with Crippen LogP contribution >= 0.6 is 0 Å². The lowest BCUT2D eigenvalue weighted by molar-refractivity contribution is -0.136. The van der Waals surface area contributed by atoms with Gasteiger partial charge in [-0.25, -0.2) is 5.43 Å². The van der Waals surface area contributed by atoms with E-state index in [1.54, 1.807) is 12.3 Å². The predicted octanol–water partition coefficient (Wildman–Crippen LogP) is 3.15. The van der Waals surface area contributed by atoms with Crippen molar-refractivity contribution in [1.29, 1.82) is 0 Å². The number of aryl methyl sites for hydroxylation is 2. The van der Waals surface area contributed by atoms with Gasteiger partial charge in [0.1, 0.15) is 0 Å². The summed E-state index contributed by atoms with van der Waals surface area (Å²) in [5.41, 5.74) is 5.94. The number of nitrogens with one attached hydrogen (secondary N) is 2. The number of hydrazone groups is 1. The second kappa shape index (κ2) is 8.06. The molecule has 2 aromatic carbocycles. The molecule has 0 radical (unpaired) electrons. The third-order valence-electron chi connectivity index (χ3n) is 3.63. The fourth-order valence-electron chi connectivity index (χ4n) is 2.23. The Hall–Kier alpha value is -2.95. The van der Waals surface area contributed by atoms with E-state index in [0.717, 1.165) is 16.7 Å². The second-order valence-corrected chi connectivity index (χ2v) is 5.69. The summed E-state index contributed by atoms with van der Waals surface area (Å²) < 4.78 is 0. The van der Waals surface area contributed by atoms with Crippen molar-refractivity contribution in [2.45, 2.75) is 26.7 Å². The molecule has 2 N–H and O–H groups in total. The van der Waals surface area contributed by atoms with Crippen LogP contribution in [-0.4, -0.2) is 18.0 Å². The predicted molar refractivity (Wildman–Crippen MR) is 96.0 cm³/mol. The van der Waals surface area contributed by atoms with Crippen LogP contribution in [0.25, 0.3) is 0 Å². The van der Waals surface area contributed by atoms with Crippen molar-refractivity contribution in [3.05, 3.63) is 65.2 Å². The summed E-state index contributed by atoms with van der Waals surface area (Å²) in [6.07, 6.45) is 1.59. The largest absolute Gasteiger partial charge is 0.329 e. The highest BCUT2D eigenvalue weighted by atomic mass is 16.2. The van der Waals surface area contributed by atoms with Gasteiger partial charge in [0, 0.05) is 17.8 Å². The van der Waals surface area contributed by atoms with Crippen molar-refractivity contribution >= 4 is 23.7 Å². The number of carbonyl (C=O) groups excluding carboxylic acids is 2. The number of rotatable bonds is 4. The quantitative estimate of drug-likeness (QED) is 0.515. The van der Waals surface area contributed by atoms with Gasteiger partial charge >= 0.3 is 11.8 Å². The standard InChI is InChI=1S/C19H21N3O2/c1-13-9-10-17(14(2)11-13)21-18(23)19(24)22-20-12-15(3)16-7-5-4-6-8-16/h4-12,15H,1-3H3,(H,21,23)(H,22,24)/b20-12+. The van der Waals surface area contributed by atoms with Crippen molar-refractivity contribution in [3.8, 4) is 0 Å². The molecule has 0 heterocycles. The number of anilines is 1. The smallest absolute Gasteiger partial charge is 0.317 e. The van der Waals surface area contributed by atoms with Gasteiger partial charge in [-0.15, -0.1) is 0 Å². The first-order chi connectivity index (χ1) is 11.5. The number of nitrogens with zero attached hydrogens (tertiary/aromatic N) is 1. The second-order valence-electron chi connectivity index (χ2n) is 5.69. The Bertz CT molecular complexity index is 754. The van der Waals surface area contributed by atoms with Gasteiger partial charge in [-0.3, -0.25) is 9.59 Å². The van der Waals surface area contributed by atoms with Crippen molar-refractivity contribution in [1.82, 2.24) is 5.43 Å². The molecule has 0 aliphatic rings. The molecule has 0 saturated carbocycles. The first kappa shape index (κ1) is 17.4. The van der Waals surface area contributed by atoms with Crippen molar-refractivity contribution in [3.63, 3.8) is 0 Å². The Morgan fingerprint density at radius 1 is 1.04 bits per heavy atom. The summed E-state index contributed by atoms with van der Waals surface area (Å²) in [4.78, 5) is 23.7. The lowest BCUT2D eigenvalue weighted by Crippen LogP contribution is -2.32. The third kappa shape index (κ3) is 4.78. The summed E-state index contributed by atoms with van der Waals surface area (Å²) in [6.45, 7) is 5.80. The van der Waals surface area contributed by atoms with E-state index in [-0.39, 0.29) is 5.92 Å². The summed E-state index contributed by atoms with van der Waals surface area (Å²) in [6, 6.07) is 15.4. The molecule has 2 aromatic rings. The van der Waals surface area contributed by atoms with Crippen LogP contribution in [0.5, 0.6) is 0 Å². The maximum absolute atomic E-state index is 11.9. The highest BCUT2D eigenvalue weighted by Gasteiger charge is 2.14. The maximum atomic E-state index is 11.9. The van der Waals surface area contributed by atoms with Crippen LogP contribution in [0.4, 0.5) is 5.69 Å². The zero-order valence-corrected chi connectivity index (χ0v) is 14.0. The Kier molecular flexibility index (Phi) is 5.84. The monoisotopic (exact) mass is 323 g/mol. The summed E-state index contributed by atoms with van der Waals surface area (Å²) in [5, 5.41) is 6.44. The number of benzene rings is 2. The van der Waals surface area contributed by atoms with Crippen LogP contribution in [0.1, 0.15) is 29.5 Å². The Balaban J connectivity index is 1.90. The van der Waals surface area contributed by atoms with E-state index in [4.69, 9.17) is 0 Å². The van der Waals surface area contributed by atoms with E-state index >= 15 is 0 Å². The molecule has 0 aromatic heterocycles. The van der Waals surface area contributed by atoms with E-state index in [1.165, 1.54) is 0 Å². The molecule has 2 rings (SSSR count). The zero-order chi connectivity index (χ0) is 17.5. The van der Waals surface area contributed by atoms with Crippen LogP contribution in [0.2, 0.25) is 0 Å². The molecule has 0 aliphatic heterocycles. The van der Waals surface area contributed by atoms with Crippen LogP contribution in [0.3, 0.4) is 0 Å². The average molecular weight is 323 g/mol. The van der Waals surface area contributed by atoms with Gasteiger partial charge in [0.2, 0.25) is 0 Å². The Morgan fingerprint density at radius 3 is 2.42 bits per heavy atom. The third-order valence-corrected chi connectivity index (χ3v) is 3.63. The van der Waals surface area contributed by atoms with Gasteiger partial charge in [-0.2, -0.15) is 5.10 Å².